The summed E-state index contributed by atoms with van der Waals surface area (Å²) in [6, 6.07) is 19.7. The van der Waals surface area contributed by atoms with Crippen LogP contribution in [0.5, 0.6) is 0 Å². The number of carbonyl (C=O) groups excluding carboxylic acids is 2. The van der Waals surface area contributed by atoms with Gasteiger partial charge in [-0.3, -0.25) is 9.59 Å². The van der Waals surface area contributed by atoms with Gasteiger partial charge in [-0.15, -0.1) is 0 Å². The van der Waals surface area contributed by atoms with E-state index in [9.17, 15) is 9.59 Å². The highest BCUT2D eigenvalue weighted by atomic mass is 16.1. The minimum atomic E-state index is 0.684. The number of aldehydes is 2. The fraction of sp³-hybridized carbons (Fsp3) is 0. The van der Waals surface area contributed by atoms with Gasteiger partial charge < -0.3 is 0 Å². The van der Waals surface area contributed by atoms with Gasteiger partial charge in [0.2, 0.25) is 0 Å². The Balaban J connectivity index is 2.12. The number of hydrogen-bond acceptors (Lipinski definition) is 2. The normalized spacial score (nSPS) is 11.1. The van der Waals surface area contributed by atoms with Crippen molar-refractivity contribution < 1.29 is 9.59 Å². The molecule has 0 bridgehead atoms. The van der Waals surface area contributed by atoms with Crippen molar-refractivity contribution in [3.05, 3.63) is 71.8 Å². The molecule has 4 rings (SSSR count). The predicted octanol–water partition coefficient (Wildman–Crippen LogP) is 4.77. The topological polar surface area (TPSA) is 34.1 Å². The standard InChI is InChI=1S/C20H12O2/c21-11-13-1-5-17-15(9-13)3-8-20-18-6-2-14(12-22)10-16(18)4-7-19(17)20/h1-12H. The molecule has 104 valence electrons. The van der Waals surface area contributed by atoms with Crippen molar-refractivity contribution >= 4 is 44.9 Å². The lowest BCUT2D eigenvalue weighted by Gasteiger charge is -2.08. The van der Waals surface area contributed by atoms with Crippen molar-refractivity contribution in [2.24, 2.45) is 0 Å². The van der Waals surface area contributed by atoms with Crippen LogP contribution in [0.3, 0.4) is 0 Å². The van der Waals surface area contributed by atoms with E-state index in [0.717, 1.165) is 44.9 Å². The molecule has 2 nitrogen and oxygen atoms in total. The van der Waals surface area contributed by atoms with E-state index in [-0.39, 0.29) is 0 Å². The summed E-state index contributed by atoms with van der Waals surface area (Å²) < 4.78 is 0. The first-order valence-electron chi connectivity index (χ1n) is 7.10. The summed E-state index contributed by atoms with van der Waals surface area (Å²) in [4.78, 5) is 21.8. The molecular formula is C20H12O2. The molecule has 0 aliphatic heterocycles. The SMILES string of the molecule is O=Cc1ccc2c(ccc3c4ccc(C=O)cc4ccc23)c1. The molecule has 0 saturated carbocycles. The van der Waals surface area contributed by atoms with E-state index in [1.54, 1.807) is 0 Å². The zero-order valence-electron chi connectivity index (χ0n) is 11.7. The fourth-order valence-electron chi connectivity index (χ4n) is 3.07. The molecule has 0 heterocycles. The second-order valence-electron chi connectivity index (χ2n) is 5.42. The quantitative estimate of drug-likeness (QED) is 0.392. The molecule has 0 fully saturated rings. The van der Waals surface area contributed by atoms with Crippen molar-refractivity contribution in [2.45, 2.75) is 0 Å². The molecule has 0 aliphatic carbocycles. The number of benzene rings is 4. The van der Waals surface area contributed by atoms with Gasteiger partial charge in [-0.1, -0.05) is 48.5 Å². The molecule has 0 saturated heterocycles. The zero-order valence-corrected chi connectivity index (χ0v) is 11.7. The van der Waals surface area contributed by atoms with Crippen molar-refractivity contribution in [2.75, 3.05) is 0 Å². The van der Waals surface area contributed by atoms with Crippen LogP contribution in [-0.2, 0) is 0 Å². The van der Waals surface area contributed by atoms with Crippen LogP contribution >= 0.6 is 0 Å². The first-order chi connectivity index (χ1) is 10.8. The molecule has 0 aliphatic rings. The minimum absolute atomic E-state index is 0.684. The molecule has 22 heavy (non-hydrogen) atoms. The molecule has 0 unspecified atom stereocenters. The Kier molecular flexibility index (Phi) is 2.76. The maximum atomic E-state index is 10.9. The Morgan fingerprint density at radius 2 is 0.909 bits per heavy atom. The summed E-state index contributed by atoms with van der Waals surface area (Å²) >= 11 is 0. The smallest absolute Gasteiger partial charge is 0.150 e. The zero-order chi connectivity index (χ0) is 15.1. The molecule has 4 aromatic carbocycles. The number of rotatable bonds is 2. The Morgan fingerprint density at radius 1 is 0.500 bits per heavy atom. The van der Waals surface area contributed by atoms with Crippen LogP contribution in [0.1, 0.15) is 20.7 Å². The maximum Gasteiger partial charge on any atom is 0.150 e. The summed E-state index contributed by atoms with van der Waals surface area (Å²) in [5.74, 6) is 0. The van der Waals surface area contributed by atoms with Crippen LogP contribution in [0.4, 0.5) is 0 Å². The molecular weight excluding hydrogens is 272 g/mol. The van der Waals surface area contributed by atoms with Gasteiger partial charge >= 0.3 is 0 Å². The molecule has 2 heteroatoms. The van der Waals surface area contributed by atoms with E-state index in [1.165, 1.54) is 0 Å². The van der Waals surface area contributed by atoms with Gasteiger partial charge in [0.1, 0.15) is 12.6 Å². The van der Waals surface area contributed by atoms with Gasteiger partial charge in [0.15, 0.2) is 0 Å². The van der Waals surface area contributed by atoms with Crippen LogP contribution in [0.2, 0.25) is 0 Å². The van der Waals surface area contributed by atoms with E-state index in [1.807, 2.05) is 48.5 Å². The number of fused-ring (bicyclic) bond motifs is 5. The summed E-state index contributed by atoms with van der Waals surface area (Å²) in [5.41, 5.74) is 1.37. The Hall–Kier alpha value is -3.00. The van der Waals surface area contributed by atoms with E-state index >= 15 is 0 Å². The number of hydrogen-bond donors (Lipinski definition) is 0. The summed E-state index contributed by atoms with van der Waals surface area (Å²) in [5, 5.41) is 6.68. The first-order valence-corrected chi connectivity index (χ1v) is 7.10. The molecule has 0 atom stereocenters. The highest BCUT2D eigenvalue weighted by molar-refractivity contribution is 6.17. The van der Waals surface area contributed by atoms with Gasteiger partial charge in [0.05, 0.1) is 0 Å². The Bertz CT molecular complexity index is 974. The lowest BCUT2D eigenvalue weighted by molar-refractivity contribution is 0.111. The van der Waals surface area contributed by atoms with Gasteiger partial charge in [-0.05, 0) is 44.5 Å². The van der Waals surface area contributed by atoms with E-state index in [0.29, 0.717) is 11.1 Å². The van der Waals surface area contributed by atoms with Crippen LogP contribution in [-0.4, -0.2) is 12.6 Å². The second kappa shape index (κ2) is 4.78. The molecule has 0 N–H and O–H groups in total. The van der Waals surface area contributed by atoms with Crippen molar-refractivity contribution in [3.8, 4) is 0 Å². The van der Waals surface area contributed by atoms with Crippen molar-refractivity contribution in [3.63, 3.8) is 0 Å². The monoisotopic (exact) mass is 284 g/mol. The van der Waals surface area contributed by atoms with E-state index in [2.05, 4.69) is 12.1 Å². The van der Waals surface area contributed by atoms with E-state index in [4.69, 9.17) is 0 Å². The lowest BCUT2D eigenvalue weighted by Crippen LogP contribution is -1.85. The summed E-state index contributed by atoms with van der Waals surface area (Å²) in [6.45, 7) is 0. The molecule has 0 spiro atoms. The predicted molar refractivity (Wildman–Crippen MR) is 89.7 cm³/mol. The molecule has 4 aromatic rings. The lowest BCUT2D eigenvalue weighted by atomic mass is 9.95. The van der Waals surface area contributed by atoms with Gasteiger partial charge in [0, 0.05) is 11.1 Å². The first kappa shape index (κ1) is 12.7. The van der Waals surface area contributed by atoms with Crippen LogP contribution < -0.4 is 0 Å². The largest absolute Gasteiger partial charge is 0.298 e. The van der Waals surface area contributed by atoms with E-state index < -0.39 is 0 Å². The Morgan fingerprint density at radius 3 is 1.32 bits per heavy atom. The second-order valence-corrected chi connectivity index (χ2v) is 5.42. The maximum absolute atomic E-state index is 10.9. The van der Waals surface area contributed by atoms with Crippen LogP contribution in [0.25, 0.3) is 32.3 Å². The Labute approximate surface area is 127 Å². The molecule has 0 aromatic heterocycles. The van der Waals surface area contributed by atoms with Gasteiger partial charge in [-0.2, -0.15) is 0 Å². The summed E-state index contributed by atoms with van der Waals surface area (Å²) in [6.07, 6.45) is 1.73. The fourth-order valence-corrected chi connectivity index (χ4v) is 3.07. The third kappa shape index (κ3) is 1.81. The average Bonchev–Trinajstić information content (AvgIpc) is 2.59. The minimum Gasteiger partial charge on any atom is -0.298 e. The summed E-state index contributed by atoms with van der Waals surface area (Å²) in [7, 11) is 0. The van der Waals surface area contributed by atoms with Crippen molar-refractivity contribution in [1.29, 1.82) is 0 Å². The van der Waals surface area contributed by atoms with Crippen molar-refractivity contribution in [1.82, 2.24) is 0 Å². The molecule has 0 radical (unpaired) electrons. The third-order valence-electron chi connectivity index (χ3n) is 4.15. The van der Waals surface area contributed by atoms with Crippen LogP contribution in [0.15, 0.2) is 60.7 Å². The third-order valence-corrected chi connectivity index (χ3v) is 4.15. The van der Waals surface area contributed by atoms with Gasteiger partial charge in [0.25, 0.3) is 0 Å². The highest BCUT2D eigenvalue weighted by Crippen LogP contribution is 2.31. The molecule has 0 amide bonds. The number of carbonyl (C=O) groups is 2. The highest BCUT2D eigenvalue weighted by Gasteiger charge is 2.06. The van der Waals surface area contributed by atoms with Crippen LogP contribution in [0, 0.1) is 0 Å². The average molecular weight is 284 g/mol. The van der Waals surface area contributed by atoms with Gasteiger partial charge in [-0.25, -0.2) is 0 Å².